The number of anilines is 4. The van der Waals surface area contributed by atoms with Crippen molar-refractivity contribution < 1.29 is 19.4 Å². The van der Waals surface area contributed by atoms with Crippen LogP contribution in [0.2, 0.25) is 0 Å². The summed E-state index contributed by atoms with van der Waals surface area (Å²) in [7, 11) is 0. The number of aliphatic imine (C=N–C) groups is 1. The number of fused-ring (bicyclic) bond motifs is 3. The molecule has 1 aromatic carbocycles. The zero-order valence-corrected chi connectivity index (χ0v) is 36.5. The second kappa shape index (κ2) is 16.1. The highest BCUT2D eigenvalue weighted by molar-refractivity contribution is 7.22. The lowest BCUT2D eigenvalue weighted by atomic mass is 9.53. The molecule has 5 unspecified atom stereocenters. The first-order valence-electron chi connectivity index (χ1n) is 21.7. The first kappa shape index (κ1) is 40.9. The molecule has 1 saturated heterocycles. The summed E-state index contributed by atoms with van der Waals surface area (Å²) < 4.78 is 13.6. The highest BCUT2D eigenvalue weighted by atomic mass is 32.1. The van der Waals surface area contributed by atoms with Crippen molar-refractivity contribution in [1.82, 2.24) is 25.1 Å². The van der Waals surface area contributed by atoms with Crippen molar-refractivity contribution in [3.8, 4) is 0 Å². The molecule has 0 spiro atoms. The van der Waals surface area contributed by atoms with Gasteiger partial charge in [0.2, 0.25) is 0 Å². The Bertz CT molecular complexity index is 2360. The maximum Gasteiger partial charge on any atom is 0.355 e. The summed E-state index contributed by atoms with van der Waals surface area (Å²) >= 11 is 1.58. The Balaban J connectivity index is 0.919. The zero-order valence-electron chi connectivity index (χ0n) is 35.7. The van der Waals surface area contributed by atoms with Crippen LogP contribution in [-0.2, 0) is 15.9 Å². The van der Waals surface area contributed by atoms with Crippen molar-refractivity contribution >= 4 is 61.4 Å². The van der Waals surface area contributed by atoms with Gasteiger partial charge in [-0.05, 0) is 125 Å². The van der Waals surface area contributed by atoms with Crippen LogP contribution in [0.1, 0.15) is 98.5 Å². The molecule has 4 saturated carbocycles. The standard InChI is InChI=1S/C46H59N9O4S/c1-28-8-10-37-36(19-28)49-43(60-37)51-40-29(2)33-7-6-12-55(41(33)53-52-40)38-11-9-34(39(50-38)42(56)57)35(23-47)30(3)48-24-32-21-45(5)25-44(4)20-31(32)22-46(26-44,27-45)59-18-15-54-13-16-58-17-14-54/h8-11,19,23,31-32H,6-7,12-18,20-22,24-27,47H2,1-5H3,(H,56,57)(H,49,51,52)/b35-23+,48-30?. The molecule has 14 heteroatoms. The van der Waals surface area contributed by atoms with Crippen molar-refractivity contribution in [2.24, 2.45) is 33.4 Å². The fourth-order valence-electron chi connectivity index (χ4n) is 12.0. The van der Waals surface area contributed by atoms with Crippen LogP contribution in [-0.4, -0.2) is 100.0 Å². The number of aromatic nitrogens is 4. The van der Waals surface area contributed by atoms with Gasteiger partial charge < -0.3 is 30.5 Å². The second-order valence-electron chi connectivity index (χ2n) is 19.0. The highest BCUT2D eigenvalue weighted by Gasteiger charge is 2.60. The molecular formula is C46H59N9O4S. The number of hydrogen-bond donors (Lipinski definition) is 3. The number of allylic oxidation sites excluding steroid dienone is 1. The third kappa shape index (κ3) is 8.03. The molecule has 6 aliphatic rings. The molecule has 4 N–H and O–H groups in total. The van der Waals surface area contributed by atoms with Gasteiger partial charge in [-0.25, -0.2) is 14.8 Å². The minimum Gasteiger partial charge on any atom is -0.476 e. The van der Waals surface area contributed by atoms with Gasteiger partial charge in [0.05, 0.1) is 35.6 Å². The van der Waals surface area contributed by atoms with Gasteiger partial charge in [0.25, 0.3) is 0 Å². The van der Waals surface area contributed by atoms with Crippen LogP contribution in [0.25, 0.3) is 15.8 Å². The lowest BCUT2D eigenvalue weighted by Gasteiger charge is -2.56. The van der Waals surface area contributed by atoms with Crippen LogP contribution in [0.4, 0.5) is 22.6 Å². The number of rotatable bonds is 12. The van der Waals surface area contributed by atoms with Crippen LogP contribution in [0.15, 0.2) is 41.5 Å². The van der Waals surface area contributed by atoms with E-state index in [1.807, 2.05) is 30.9 Å². The van der Waals surface area contributed by atoms with Crippen LogP contribution in [0, 0.1) is 36.5 Å². The zero-order chi connectivity index (χ0) is 41.8. The molecule has 2 aliphatic heterocycles. The summed E-state index contributed by atoms with van der Waals surface area (Å²) in [6.07, 6.45) is 10.0. The Labute approximate surface area is 356 Å². The number of nitrogens with zero attached hydrogens (tertiary/aromatic N) is 7. The molecule has 318 valence electrons. The Morgan fingerprint density at radius 3 is 2.65 bits per heavy atom. The van der Waals surface area contributed by atoms with Crippen LogP contribution in [0.3, 0.4) is 0 Å². The number of carboxylic acid groups (broad SMARTS) is 1. The second-order valence-corrected chi connectivity index (χ2v) is 20.0. The lowest BCUT2D eigenvalue weighted by Crippen LogP contribution is -2.53. The van der Waals surface area contributed by atoms with Crippen LogP contribution in [0.5, 0.6) is 0 Å². The molecule has 10 rings (SSSR count). The van der Waals surface area contributed by atoms with Gasteiger partial charge >= 0.3 is 5.97 Å². The number of nitrogens with two attached hydrogens (primary N) is 1. The lowest BCUT2D eigenvalue weighted by molar-refractivity contribution is -0.166. The van der Waals surface area contributed by atoms with E-state index in [-0.39, 0.29) is 22.1 Å². The average molecular weight is 834 g/mol. The molecule has 0 amide bonds. The largest absolute Gasteiger partial charge is 0.476 e. The number of nitrogens with one attached hydrogen (secondary N) is 1. The summed E-state index contributed by atoms with van der Waals surface area (Å²) in [6.45, 7) is 17.6. The molecule has 5 fully saturated rings. The Morgan fingerprint density at radius 2 is 1.87 bits per heavy atom. The van der Waals surface area contributed by atoms with Crippen molar-refractivity contribution in [1.29, 1.82) is 0 Å². The van der Waals surface area contributed by atoms with E-state index < -0.39 is 5.97 Å². The number of aromatic carboxylic acids is 1. The quantitative estimate of drug-likeness (QED) is 0.118. The van der Waals surface area contributed by atoms with Gasteiger partial charge in [-0.15, -0.1) is 10.2 Å². The minimum atomic E-state index is -1.12. The molecule has 5 heterocycles. The summed E-state index contributed by atoms with van der Waals surface area (Å²) in [6, 6.07) is 9.93. The van der Waals surface area contributed by atoms with E-state index in [0.717, 1.165) is 116 Å². The minimum absolute atomic E-state index is 0.0677. The molecule has 4 aromatic rings. The van der Waals surface area contributed by atoms with Gasteiger partial charge in [0.1, 0.15) is 5.82 Å². The summed E-state index contributed by atoms with van der Waals surface area (Å²) in [5.74, 6) is 1.67. The summed E-state index contributed by atoms with van der Waals surface area (Å²) in [4.78, 5) is 32.1. The van der Waals surface area contributed by atoms with E-state index in [4.69, 9.17) is 30.2 Å². The van der Waals surface area contributed by atoms with Gasteiger partial charge in [0, 0.05) is 66.9 Å². The number of ether oxygens (including phenoxy) is 2. The molecule has 5 atom stereocenters. The van der Waals surface area contributed by atoms with Gasteiger partial charge in [-0.3, -0.25) is 9.89 Å². The van der Waals surface area contributed by atoms with Crippen molar-refractivity contribution in [2.45, 2.75) is 91.6 Å². The number of morpholine rings is 1. The van der Waals surface area contributed by atoms with Crippen LogP contribution < -0.4 is 16.0 Å². The van der Waals surface area contributed by atoms with Gasteiger partial charge in [0.15, 0.2) is 22.5 Å². The van der Waals surface area contributed by atoms with Gasteiger partial charge in [-0.1, -0.05) is 31.3 Å². The normalized spacial score (nSPS) is 28.2. The summed E-state index contributed by atoms with van der Waals surface area (Å²) in [5.41, 5.74) is 12.5. The molecule has 13 nitrogen and oxygen atoms in total. The van der Waals surface area contributed by atoms with Crippen molar-refractivity contribution in [3.05, 3.63) is 64.5 Å². The molecule has 4 bridgehead atoms. The van der Waals surface area contributed by atoms with Crippen LogP contribution >= 0.6 is 11.3 Å². The highest BCUT2D eigenvalue weighted by Crippen LogP contribution is 2.66. The predicted molar refractivity (Wildman–Crippen MR) is 238 cm³/mol. The van der Waals surface area contributed by atoms with E-state index in [0.29, 0.717) is 53.5 Å². The Kier molecular flexibility index (Phi) is 11.0. The monoisotopic (exact) mass is 833 g/mol. The fourth-order valence-corrected chi connectivity index (χ4v) is 12.8. The molecule has 60 heavy (non-hydrogen) atoms. The Hall–Kier alpha value is -4.50. The van der Waals surface area contributed by atoms with E-state index in [1.54, 1.807) is 11.3 Å². The van der Waals surface area contributed by atoms with Crippen molar-refractivity contribution in [2.75, 3.05) is 62.8 Å². The first-order valence-corrected chi connectivity index (χ1v) is 22.5. The van der Waals surface area contributed by atoms with Crippen molar-refractivity contribution in [3.63, 3.8) is 0 Å². The predicted octanol–water partition coefficient (Wildman–Crippen LogP) is 8.10. The number of carboxylic acids is 1. The third-order valence-electron chi connectivity index (χ3n) is 14.0. The van der Waals surface area contributed by atoms with E-state index >= 15 is 0 Å². The maximum absolute atomic E-state index is 12.9. The number of hydrogen-bond acceptors (Lipinski definition) is 13. The van der Waals surface area contributed by atoms with E-state index in [2.05, 4.69) is 59.4 Å². The third-order valence-corrected chi connectivity index (χ3v) is 15.0. The first-order chi connectivity index (χ1) is 28.8. The number of aryl methyl sites for hydroxylation is 1. The molecule has 0 radical (unpaired) electrons. The SMILES string of the molecule is CC(=NCC1CC2(C)CC3(C)CC1CC(OCCN1CCOCC1)(C2)C3)/C(=C\N)c1ccc(N2CCCc3c2nnc(Nc2nc4cc(C)ccc4s2)c3C)nc1C(=O)O. The van der Waals surface area contributed by atoms with E-state index in [1.165, 1.54) is 19.0 Å². The smallest absolute Gasteiger partial charge is 0.355 e. The van der Waals surface area contributed by atoms with Gasteiger partial charge in [-0.2, -0.15) is 0 Å². The molecule has 3 aromatic heterocycles. The Morgan fingerprint density at radius 1 is 1.07 bits per heavy atom. The van der Waals surface area contributed by atoms with E-state index in [9.17, 15) is 9.90 Å². The molecular weight excluding hydrogens is 775 g/mol. The number of benzene rings is 1. The maximum atomic E-state index is 12.9. The number of thiazole rings is 1. The molecule has 4 aliphatic carbocycles. The summed E-state index contributed by atoms with van der Waals surface area (Å²) in [5, 5.41) is 24.0. The topological polar surface area (TPSA) is 164 Å². The number of carbonyl (C=O) groups is 1. The number of pyridine rings is 1. The average Bonchev–Trinajstić information content (AvgIpc) is 3.55. The fraction of sp³-hybridized carbons (Fsp3) is 0.565.